The zero-order valence-electron chi connectivity index (χ0n) is 33.6. The zero-order valence-corrected chi connectivity index (χ0v) is 33.6. The summed E-state index contributed by atoms with van der Waals surface area (Å²) in [6.45, 7) is 0. The third kappa shape index (κ3) is 5.72. The Bertz CT molecular complexity index is 3350. The highest BCUT2D eigenvalue weighted by molar-refractivity contribution is 6.07. The highest BCUT2D eigenvalue weighted by atomic mass is 16.3. The minimum Gasteiger partial charge on any atom is -0.454 e. The monoisotopic (exact) mass is 791 g/mol. The normalized spacial score (nSPS) is 12.6. The molecule has 8 aromatic carbocycles. The molecule has 0 bridgehead atoms. The van der Waals surface area contributed by atoms with Crippen LogP contribution in [0.3, 0.4) is 0 Å². The van der Waals surface area contributed by atoms with Gasteiger partial charge in [0.05, 0.1) is 16.8 Å². The van der Waals surface area contributed by atoms with Crippen LogP contribution in [0.1, 0.15) is 22.3 Å². The molecule has 0 spiro atoms. The first-order chi connectivity index (χ1) is 30.7. The molecule has 0 atom stereocenters. The number of aromatic nitrogens is 3. The van der Waals surface area contributed by atoms with Crippen molar-refractivity contribution in [2.75, 3.05) is 0 Å². The predicted molar refractivity (Wildman–Crippen MR) is 252 cm³/mol. The highest BCUT2D eigenvalue weighted by Gasteiger charge is 2.46. The number of para-hydroxylation sites is 1. The van der Waals surface area contributed by atoms with E-state index < -0.39 is 5.41 Å². The van der Waals surface area contributed by atoms with E-state index >= 15 is 0 Å². The van der Waals surface area contributed by atoms with Crippen LogP contribution in [0.25, 0.3) is 89.4 Å². The fourth-order valence-electron chi connectivity index (χ4n) is 9.62. The summed E-state index contributed by atoms with van der Waals surface area (Å²) in [6, 6.07) is 77.5. The summed E-state index contributed by atoms with van der Waals surface area (Å²) in [6.07, 6.45) is 1.89. The minimum absolute atomic E-state index is 0.530. The van der Waals surface area contributed by atoms with E-state index in [9.17, 15) is 0 Å². The first-order valence-corrected chi connectivity index (χ1v) is 21.0. The first-order valence-electron chi connectivity index (χ1n) is 21.0. The Morgan fingerprint density at radius 2 is 0.952 bits per heavy atom. The number of rotatable bonds is 7. The maximum Gasteiger partial charge on any atom is 0.161 e. The van der Waals surface area contributed by atoms with Crippen molar-refractivity contribution < 1.29 is 4.42 Å². The number of fused-ring (bicyclic) bond motifs is 6. The molecule has 3 aromatic heterocycles. The van der Waals surface area contributed by atoms with Crippen molar-refractivity contribution in [1.29, 1.82) is 0 Å². The maximum atomic E-state index is 6.62. The Hall–Kier alpha value is -8.21. The fraction of sp³-hybridized carbons (Fsp3) is 0.0172. The van der Waals surface area contributed by atoms with E-state index in [4.69, 9.17) is 19.4 Å². The van der Waals surface area contributed by atoms with Gasteiger partial charge in [-0.2, -0.15) is 0 Å². The van der Waals surface area contributed by atoms with Crippen molar-refractivity contribution in [3.8, 4) is 67.3 Å². The number of benzene rings is 8. The summed E-state index contributed by atoms with van der Waals surface area (Å²) in [5.74, 6) is 0.670. The second-order valence-electron chi connectivity index (χ2n) is 15.9. The summed E-state index contributed by atoms with van der Waals surface area (Å²) in [5.41, 5.74) is 18.1. The summed E-state index contributed by atoms with van der Waals surface area (Å²) in [5, 5.41) is 0.993. The van der Waals surface area contributed by atoms with Gasteiger partial charge in [-0.05, 0) is 98.6 Å². The highest BCUT2D eigenvalue weighted by Crippen LogP contribution is 2.57. The molecule has 4 nitrogen and oxygen atoms in total. The molecule has 0 N–H and O–H groups in total. The van der Waals surface area contributed by atoms with E-state index in [2.05, 4.69) is 176 Å². The molecule has 0 saturated heterocycles. The Kier molecular flexibility index (Phi) is 8.36. The van der Waals surface area contributed by atoms with Gasteiger partial charge >= 0.3 is 0 Å². The lowest BCUT2D eigenvalue weighted by atomic mass is 9.67. The van der Waals surface area contributed by atoms with Gasteiger partial charge in [-0.15, -0.1) is 0 Å². The number of furan rings is 1. The van der Waals surface area contributed by atoms with Crippen LogP contribution in [-0.4, -0.2) is 15.0 Å². The predicted octanol–water partition coefficient (Wildman–Crippen LogP) is 14.5. The molecule has 1 aliphatic carbocycles. The second-order valence-corrected chi connectivity index (χ2v) is 15.9. The van der Waals surface area contributed by atoms with Crippen molar-refractivity contribution in [2.24, 2.45) is 0 Å². The number of nitrogens with zero attached hydrogens (tertiary/aromatic N) is 3. The lowest BCUT2D eigenvalue weighted by Gasteiger charge is -2.34. The van der Waals surface area contributed by atoms with E-state index in [1.54, 1.807) is 0 Å². The van der Waals surface area contributed by atoms with Crippen LogP contribution in [0.4, 0.5) is 0 Å². The smallest absolute Gasteiger partial charge is 0.161 e. The van der Waals surface area contributed by atoms with Gasteiger partial charge in [0.15, 0.2) is 11.4 Å². The van der Waals surface area contributed by atoms with Crippen molar-refractivity contribution in [3.05, 3.63) is 247 Å². The average molecular weight is 792 g/mol. The van der Waals surface area contributed by atoms with Crippen molar-refractivity contribution in [3.63, 3.8) is 0 Å². The Balaban J connectivity index is 1.13. The molecule has 0 radical (unpaired) electrons. The van der Waals surface area contributed by atoms with Gasteiger partial charge in [0.2, 0.25) is 0 Å². The molecular formula is C58H37N3O. The van der Waals surface area contributed by atoms with Crippen LogP contribution in [-0.2, 0) is 5.41 Å². The molecule has 0 aliphatic heterocycles. The molecule has 3 heterocycles. The molecule has 290 valence electrons. The number of hydrogen-bond donors (Lipinski definition) is 0. The second kappa shape index (κ2) is 14.5. The summed E-state index contributed by atoms with van der Waals surface area (Å²) in [4.78, 5) is 15.3. The summed E-state index contributed by atoms with van der Waals surface area (Å²) >= 11 is 0. The SMILES string of the molecule is c1ccc(-c2cc(-c3cc(-c4ccc5c(c4)C(c4ccccc4)(c4ccccc4)c4ccccc4-5)cc(-c4ccnc5c4oc4ccccc45)c3)nc(-c3ccccc3)n2)cc1. The van der Waals surface area contributed by atoms with Crippen LogP contribution in [0.2, 0.25) is 0 Å². The Morgan fingerprint density at radius 3 is 1.69 bits per heavy atom. The molecule has 0 saturated carbocycles. The van der Waals surface area contributed by atoms with Gasteiger partial charge in [-0.25, -0.2) is 9.97 Å². The first kappa shape index (κ1) is 35.7. The lowest BCUT2D eigenvalue weighted by Crippen LogP contribution is -2.28. The van der Waals surface area contributed by atoms with E-state index in [1.807, 2.05) is 48.7 Å². The maximum absolute atomic E-state index is 6.62. The van der Waals surface area contributed by atoms with Crippen LogP contribution < -0.4 is 0 Å². The van der Waals surface area contributed by atoms with Gasteiger partial charge in [0.1, 0.15) is 11.1 Å². The molecule has 62 heavy (non-hydrogen) atoms. The van der Waals surface area contributed by atoms with Gasteiger partial charge in [0.25, 0.3) is 0 Å². The van der Waals surface area contributed by atoms with E-state index in [-0.39, 0.29) is 0 Å². The van der Waals surface area contributed by atoms with E-state index in [1.165, 1.54) is 33.4 Å². The number of hydrogen-bond acceptors (Lipinski definition) is 4. The van der Waals surface area contributed by atoms with Crippen molar-refractivity contribution >= 4 is 22.1 Å². The molecule has 0 unspecified atom stereocenters. The van der Waals surface area contributed by atoms with Gasteiger partial charge in [-0.1, -0.05) is 170 Å². The molecule has 0 fully saturated rings. The number of pyridine rings is 1. The van der Waals surface area contributed by atoms with Crippen LogP contribution >= 0.6 is 0 Å². The van der Waals surface area contributed by atoms with Gasteiger partial charge < -0.3 is 4.42 Å². The standard InChI is InChI=1S/C58H37N3O/c1-5-17-38(18-6-1)52-37-53(61-57(60-52)39-19-7-2-8-20-39)43-34-41(33-42(35-43)46-31-32-59-55-49-26-14-16-28-54(49)62-56(46)55)40-29-30-48-47-25-13-15-27-50(47)58(51(48)36-40,44-21-9-3-10-22-44)45-23-11-4-12-24-45/h1-37H. The Morgan fingerprint density at radius 1 is 0.371 bits per heavy atom. The lowest BCUT2D eigenvalue weighted by molar-refractivity contribution is 0.669. The molecule has 0 amide bonds. The summed E-state index contributed by atoms with van der Waals surface area (Å²) < 4.78 is 6.62. The Labute approximate surface area is 359 Å². The third-order valence-corrected chi connectivity index (χ3v) is 12.4. The van der Waals surface area contributed by atoms with Gasteiger partial charge in [0, 0.05) is 33.8 Å². The van der Waals surface area contributed by atoms with Crippen LogP contribution in [0.5, 0.6) is 0 Å². The fourth-order valence-corrected chi connectivity index (χ4v) is 9.62. The summed E-state index contributed by atoms with van der Waals surface area (Å²) in [7, 11) is 0. The molecule has 4 heteroatoms. The third-order valence-electron chi connectivity index (χ3n) is 12.4. The molecular weight excluding hydrogens is 755 g/mol. The van der Waals surface area contributed by atoms with E-state index in [0.29, 0.717) is 5.82 Å². The molecule has 12 rings (SSSR count). The van der Waals surface area contributed by atoms with Crippen molar-refractivity contribution in [1.82, 2.24) is 15.0 Å². The van der Waals surface area contributed by atoms with Crippen LogP contribution in [0, 0.1) is 0 Å². The van der Waals surface area contributed by atoms with Crippen molar-refractivity contribution in [2.45, 2.75) is 5.41 Å². The molecule has 11 aromatic rings. The largest absolute Gasteiger partial charge is 0.454 e. The van der Waals surface area contributed by atoms with Crippen LogP contribution in [0.15, 0.2) is 229 Å². The van der Waals surface area contributed by atoms with E-state index in [0.717, 1.165) is 72.4 Å². The quantitative estimate of drug-likeness (QED) is 0.161. The van der Waals surface area contributed by atoms with Gasteiger partial charge in [-0.3, -0.25) is 4.98 Å². The zero-order chi connectivity index (χ0) is 41.0. The topological polar surface area (TPSA) is 51.8 Å². The minimum atomic E-state index is -0.530. The molecule has 1 aliphatic rings. The average Bonchev–Trinajstić information content (AvgIpc) is 3.89.